The number of benzene rings is 1. The van der Waals surface area contributed by atoms with Crippen molar-refractivity contribution in [1.29, 1.82) is 0 Å². The summed E-state index contributed by atoms with van der Waals surface area (Å²) < 4.78 is 0. The number of nitrogens with two attached hydrogens (primary N) is 2. The van der Waals surface area contributed by atoms with Crippen LogP contribution in [0.4, 0.5) is 5.69 Å². The summed E-state index contributed by atoms with van der Waals surface area (Å²) in [4.78, 5) is 24.8. The minimum atomic E-state index is -1.22. The number of hydrogen-bond acceptors (Lipinski definition) is 3. The topological polar surface area (TPSA) is 107 Å². The number of carbonyl (C=O) groups excluding carboxylic acids is 2. The Bertz CT molecular complexity index is 564. The van der Waals surface area contributed by atoms with Crippen LogP contribution in [0, 0.1) is 0 Å². The number of halogens is 1. The van der Waals surface area contributed by atoms with Gasteiger partial charge in [-0.1, -0.05) is 23.7 Å². The molecule has 6 N–H and O–H groups in total. The first-order valence-corrected chi connectivity index (χ1v) is 8.68. The summed E-state index contributed by atoms with van der Waals surface area (Å²) in [6.45, 7) is 5.96. The Morgan fingerprint density at radius 3 is 2.71 bits per heavy atom. The molecule has 0 aromatic heterocycles. The predicted octanol–water partition coefficient (Wildman–Crippen LogP) is -4.19. The zero-order valence-electron chi connectivity index (χ0n) is 13.6. The molecule has 1 aromatic carbocycles. The number of carboxylic acid groups (broad SMARTS) is 1. The molecule has 2 rings (SSSR count). The molecule has 1 amide bonds. The van der Waals surface area contributed by atoms with Crippen LogP contribution in [0.2, 0.25) is 5.02 Å². The van der Waals surface area contributed by atoms with Crippen molar-refractivity contribution in [3.8, 4) is 0 Å². The van der Waals surface area contributed by atoms with Gasteiger partial charge in [-0.3, -0.25) is 4.79 Å². The minimum Gasteiger partial charge on any atom is -0.544 e. The van der Waals surface area contributed by atoms with Gasteiger partial charge in [0.2, 0.25) is 5.91 Å². The van der Waals surface area contributed by atoms with Crippen LogP contribution in [0.5, 0.6) is 0 Å². The number of hydrogen-bond donors (Lipinski definition) is 4. The van der Waals surface area contributed by atoms with E-state index in [1.54, 1.807) is 29.6 Å². The summed E-state index contributed by atoms with van der Waals surface area (Å²) in [5, 5.41) is 18.3. The van der Waals surface area contributed by atoms with Gasteiger partial charge in [0.15, 0.2) is 0 Å². The van der Waals surface area contributed by atoms with Gasteiger partial charge in [0.05, 0.1) is 23.1 Å². The second-order valence-electron chi connectivity index (χ2n) is 6.05. The van der Waals surface area contributed by atoms with E-state index in [1.165, 1.54) is 4.90 Å². The second-order valence-corrected chi connectivity index (χ2v) is 6.46. The van der Waals surface area contributed by atoms with E-state index < -0.39 is 12.0 Å². The summed E-state index contributed by atoms with van der Waals surface area (Å²) >= 11 is 5.98. The van der Waals surface area contributed by atoms with Crippen molar-refractivity contribution >= 4 is 29.2 Å². The number of carboxylic acids is 1. The maximum atomic E-state index is 12.1. The molecule has 1 atom stereocenters. The van der Waals surface area contributed by atoms with Crippen LogP contribution in [0.1, 0.15) is 6.42 Å². The zero-order chi connectivity index (χ0) is 17.4. The Labute approximate surface area is 146 Å². The van der Waals surface area contributed by atoms with Crippen molar-refractivity contribution in [2.24, 2.45) is 0 Å². The third kappa shape index (κ3) is 6.09. The lowest BCUT2D eigenvalue weighted by molar-refractivity contribution is -0.955. The third-order valence-corrected chi connectivity index (χ3v) is 4.54. The van der Waals surface area contributed by atoms with Gasteiger partial charge in [0.25, 0.3) is 0 Å². The van der Waals surface area contributed by atoms with E-state index in [1.807, 2.05) is 0 Å². The lowest BCUT2D eigenvalue weighted by Gasteiger charge is -2.22. The van der Waals surface area contributed by atoms with Crippen LogP contribution in [0.15, 0.2) is 24.3 Å². The van der Waals surface area contributed by atoms with Crippen LogP contribution in [-0.2, 0) is 9.59 Å². The number of quaternary nitrogens is 3. The molecule has 0 aliphatic carbocycles. The van der Waals surface area contributed by atoms with E-state index in [0.717, 1.165) is 32.7 Å². The van der Waals surface area contributed by atoms with Crippen molar-refractivity contribution < 1.29 is 30.2 Å². The highest BCUT2D eigenvalue weighted by molar-refractivity contribution is 6.33. The van der Waals surface area contributed by atoms with Crippen molar-refractivity contribution in [2.45, 2.75) is 12.5 Å². The number of carbonyl (C=O) groups is 2. The zero-order valence-corrected chi connectivity index (χ0v) is 14.3. The number of aliphatic carboxylic acids is 1. The monoisotopic (exact) mass is 356 g/mol. The third-order valence-electron chi connectivity index (χ3n) is 4.21. The molecule has 8 heteroatoms. The molecule has 7 nitrogen and oxygen atoms in total. The van der Waals surface area contributed by atoms with Crippen molar-refractivity contribution in [3.05, 3.63) is 29.3 Å². The van der Waals surface area contributed by atoms with Crippen molar-refractivity contribution in [2.75, 3.05) is 44.6 Å². The van der Waals surface area contributed by atoms with Crippen LogP contribution in [0.3, 0.4) is 0 Å². The summed E-state index contributed by atoms with van der Waals surface area (Å²) in [7, 11) is 0. The van der Waals surface area contributed by atoms with Gasteiger partial charge in [-0.05, 0) is 12.1 Å². The molecule has 0 radical (unpaired) electrons. The normalized spacial score (nSPS) is 16.5. The highest BCUT2D eigenvalue weighted by Crippen LogP contribution is 2.20. The van der Waals surface area contributed by atoms with E-state index in [2.05, 4.69) is 10.6 Å². The number of piperazine rings is 1. The number of nitrogens with one attached hydrogen (secondary N) is 2. The molecule has 24 heavy (non-hydrogen) atoms. The Balaban J connectivity index is 1.78. The van der Waals surface area contributed by atoms with Gasteiger partial charge in [-0.25, -0.2) is 0 Å². The molecule has 1 aromatic rings. The Morgan fingerprint density at radius 2 is 2.04 bits per heavy atom. The fourth-order valence-electron chi connectivity index (χ4n) is 2.85. The fraction of sp³-hybridized carbons (Fsp3) is 0.500. The molecule has 0 spiro atoms. The van der Waals surface area contributed by atoms with Gasteiger partial charge < -0.3 is 30.8 Å². The predicted molar refractivity (Wildman–Crippen MR) is 87.5 cm³/mol. The van der Waals surface area contributed by atoms with Crippen LogP contribution in [-0.4, -0.2) is 57.2 Å². The molecule has 1 aliphatic heterocycles. The molecule has 132 valence electrons. The number of para-hydroxylation sites is 1. The lowest BCUT2D eigenvalue weighted by Crippen LogP contribution is -3.22. The molecule has 0 saturated carbocycles. The van der Waals surface area contributed by atoms with Gasteiger partial charge in [-0.15, -0.1) is 0 Å². The molecule has 1 aliphatic rings. The fourth-order valence-corrected chi connectivity index (χ4v) is 3.03. The maximum absolute atomic E-state index is 12.1. The van der Waals surface area contributed by atoms with E-state index in [0.29, 0.717) is 17.3 Å². The molecular weight excluding hydrogens is 332 g/mol. The van der Waals surface area contributed by atoms with E-state index >= 15 is 0 Å². The molecular formula is C16H25ClN4O3+2. The number of rotatable bonds is 8. The first-order chi connectivity index (χ1) is 11.6. The first-order valence-electron chi connectivity index (χ1n) is 8.30. The quantitative estimate of drug-likeness (QED) is 0.379. The lowest BCUT2D eigenvalue weighted by atomic mass is 10.2. The first kappa shape index (κ1) is 18.7. The van der Waals surface area contributed by atoms with Gasteiger partial charge in [0, 0.05) is 0 Å². The van der Waals surface area contributed by atoms with Crippen molar-refractivity contribution in [3.63, 3.8) is 0 Å². The summed E-state index contributed by atoms with van der Waals surface area (Å²) in [6.07, 6.45) is -0.142. The maximum Gasteiger partial charge on any atom is 0.230 e. The Morgan fingerprint density at radius 1 is 1.33 bits per heavy atom. The van der Waals surface area contributed by atoms with Crippen LogP contribution >= 0.6 is 11.6 Å². The second kappa shape index (κ2) is 9.58. The van der Waals surface area contributed by atoms with Gasteiger partial charge in [0.1, 0.15) is 45.3 Å². The molecule has 0 unspecified atom stereocenters. The van der Waals surface area contributed by atoms with Crippen LogP contribution < -0.4 is 26.0 Å². The van der Waals surface area contributed by atoms with E-state index in [-0.39, 0.29) is 12.3 Å². The minimum absolute atomic E-state index is 0.142. The smallest absolute Gasteiger partial charge is 0.230 e. The molecule has 1 saturated heterocycles. The van der Waals surface area contributed by atoms with Gasteiger partial charge >= 0.3 is 0 Å². The Kier molecular flexibility index (Phi) is 7.45. The molecule has 1 heterocycles. The highest BCUT2D eigenvalue weighted by Gasteiger charge is 2.21. The molecule has 0 bridgehead atoms. The SMILES string of the molecule is O=C(C[C@H]([NH2+]CC[NH+]1CC[NH2+]CC1)C(=O)[O-])Nc1ccccc1Cl. The average molecular weight is 357 g/mol. The largest absolute Gasteiger partial charge is 0.544 e. The highest BCUT2D eigenvalue weighted by atomic mass is 35.5. The van der Waals surface area contributed by atoms with Gasteiger partial charge in [-0.2, -0.15) is 0 Å². The van der Waals surface area contributed by atoms with Crippen molar-refractivity contribution in [1.82, 2.24) is 0 Å². The Hall–Kier alpha value is -1.67. The summed E-state index contributed by atoms with van der Waals surface area (Å²) in [5.41, 5.74) is 0.482. The number of anilines is 1. The molecule has 1 fully saturated rings. The average Bonchev–Trinajstić information content (AvgIpc) is 2.57. The van der Waals surface area contributed by atoms with E-state index in [9.17, 15) is 14.7 Å². The summed E-state index contributed by atoms with van der Waals surface area (Å²) in [5.74, 6) is -1.60. The van der Waals surface area contributed by atoms with E-state index in [4.69, 9.17) is 11.6 Å². The standard InChI is InChI=1S/C16H23ClN4O3/c17-12-3-1-2-4-13(12)20-15(22)11-14(16(23)24)19-7-10-21-8-5-18-6-9-21/h1-4,14,18-19H,5-11H2,(H,20,22)(H,23,24)/p+2/t14-/m0/s1. The van der Waals surface area contributed by atoms with Crippen LogP contribution in [0.25, 0.3) is 0 Å². The summed E-state index contributed by atoms with van der Waals surface area (Å²) in [6, 6.07) is 5.97. The number of amides is 1.